The van der Waals surface area contributed by atoms with E-state index >= 15 is 0 Å². The zero-order valence-electron chi connectivity index (χ0n) is 4.67. The summed E-state index contributed by atoms with van der Waals surface area (Å²) < 4.78 is 0. The summed E-state index contributed by atoms with van der Waals surface area (Å²) >= 11 is 0. The number of hydrogen-bond acceptors (Lipinski definition) is 2. The molecule has 0 saturated heterocycles. The summed E-state index contributed by atoms with van der Waals surface area (Å²) in [6.07, 6.45) is 0. The Balaban J connectivity index is 2.34. The zero-order valence-corrected chi connectivity index (χ0v) is 4.67. The van der Waals surface area contributed by atoms with E-state index in [1.807, 2.05) is 0 Å². The molecule has 0 heterocycles. The Kier molecular flexibility index (Phi) is 1.36. The minimum absolute atomic E-state index is 0.143. The molecule has 0 aromatic carbocycles. The van der Waals surface area contributed by atoms with E-state index in [9.17, 15) is 0 Å². The van der Waals surface area contributed by atoms with Crippen LogP contribution in [0.5, 0.6) is 0 Å². The second-order valence-electron chi connectivity index (χ2n) is 2.15. The van der Waals surface area contributed by atoms with Crippen LogP contribution in [0.25, 0.3) is 0 Å². The van der Waals surface area contributed by atoms with Crippen molar-refractivity contribution in [3.8, 4) is 0 Å². The standard InChI is InChI=1S/C6H10O2/c1-4-5(2-7)6(4)3-8/h5-8H,1-3H2. The Hall–Kier alpha value is -0.340. The van der Waals surface area contributed by atoms with E-state index < -0.39 is 0 Å². The Morgan fingerprint density at radius 2 is 1.62 bits per heavy atom. The van der Waals surface area contributed by atoms with Gasteiger partial charge in [0, 0.05) is 11.8 Å². The fourth-order valence-corrected chi connectivity index (χ4v) is 0.934. The Labute approximate surface area is 48.5 Å². The minimum atomic E-state index is 0.143. The Morgan fingerprint density at radius 3 is 1.75 bits per heavy atom. The van der Waals surface area contributed by atoms with Crippen molar-refractivity contribution in [3.63, 3.8) is 0 Å². The van der Waals surface area contributed by atoms with Crippen molar-refractivity contribution in [2.45, 2.75) is 0 Å². The van der Waals surface area contributed by atoms with Crippen LogP contribution in [0, 0.1) is 11.8 Å². The van der Waals surface area contributed by atoms with Gasteiger partial charge in [-0.3, -0.25) is 0 Å². The van der Waals surface area contributed by atoms with E-state index in [0.29, 0.717) is 0 Å². The highest BCUT2D eigenvalue weighted by molar-refractivity contribution is 5.25. The molecule has 1 fully saturated rings. The molecular formula is C6H10O2. The molecule has 2 nitrogen and oxygen atoms in total. The lowest BCUT2D eigenvalue weighted by Crippen LogP contribution is -1.91. The maximum absolute atomic E-state index is 8.51. The monoisotopic (exact) mass is 114 g/mol. The summed E-state index contributed by atoms with van der Waals surface area (Å²) in [5.41, 5.74) is 0.995. The Bertz CT molecular complexity index is 97.1. The molecule has 2 atom stereocenters. The van der Waals surface area contributed by atoms with E-state index in [0.717, 1.165) is 5.57 Å². The van der Waals surface area contributed by atoms with Gasteiger partial charge in [-0.15, -0.1) is 0 Å². The van der Waals surface area contributed by atoms with Crippen molar-refractivity contribution in [3.05, 3.63) is 12.2 Å². The second kappa shape index (κ2) is 1.88. The van der Waals surface area contributed by atoms with Crippen LogP contribution in [0.15, 0.2) is 12.2 Å². The molecule has 0 aliphatic heterocycles. The lowest BCUT2D eigenvalue weighted by Gasteiger charge is -1.83. The van der Waals surface area contributed by atoms with Gasteiger partial charge in [-0.05, 0) is 0 Å². The van der Waals surface area contributed by atoms with Crippen LogP contribution in [0.2, 0.25) is 0 Å². The predicted octanol–water partition coefficient (Wildman–Crippen LogP) is -0.227. The smallest absolute Gasteiger partial charge is 0.0503 e. The summed E-state index contributed by atoms with van der Waals surface area (Å²) in [7, 11) is 0. The minimum Gasteiger partial charge on any atom is -0.396 e. The fraction of sp³-hybridized carbons (Fsp3) is 0.667. The van der Waals surface area contributed by atoms with Crippen LogP contribution in [0.3, 0.4) is 0 Å². The van der Waals surface area contributed by atoms with Gasteiger partial charge in [-0.1, -0.05) is 12.2 Å². The lowest BCUT2D eigenvalue weighted by molar-refractivity contribution is 0.232. The van der Waals surface area contributed by atoms with Gasteiger partial charge in [-0.2, -0.15) is 0 Å². The first-order valence-electron chi connectivity index (χ1n) is 2.71. The van der Waals surface area contributed by atoms with Crippen LogP contribution < -0.4 is 0 Å². The maximum atomic E-state index is 8.51. The highest BCUT2D eigenvalue weighted by Crippen LogP contribution is 2.42. The third-order valence-electron chi connectivity index (χ3n) is 1.72. The summed E-state index contributed by atoms with van der Waals surface area (Å²) in [5, 5.41) is 17.0. The fourth-order valence-electron chi connectivity index (χ4n) is 0.934. The number of hydrogen-bond donors (Lipinski definition) is 2. The molecule has 0 bridgehead atoms. The summed E-state index contributed by atoms with van der Waals surface area (Å²) in [6.45, 7) is 3.94. The predicted molar refractivity (Wildman–Crippen MR) is 30.3 cm³/mol. The number of aliphatic hydroxyl groups excluding tert-OH is 2. The number of rotatable bonds is 2. The third-order valence-corrected chi connectivity index (χ3v) is 1.72. The van der Waals surface area contributed by atoms with Gasteiger partial charge >= 0.3 is 0 Å². The van der Waals surface area contributed by atoms with Crippen molar-refractivity contribution in [2.24, 2.45) is 11.8 Å². The molecule has 2 unspecified atom stereocenters. The molecule has 0 radical (unpaired) electrons. The van der Waals surface area contributed by atoms with Crippen LogP contribution in [-0.2, 0) is 0 Å². The van der Waals surface area contributed by atoms with Gasteiger partial charge in [0.15, 0.2) is 0 Å². The molecule has 2 N–H and O–H groups in total. The van der Waals surface area contributed by atoms with Crippen molar-refractivity contribution >= 4 is 0 Å². The maximum Gasteiger partial charge on any atom is 0.0503 e. The van der Waals surface area contributed by atoms with Gasteiger partial charge in [0.1, 0.15) is 0 Å². The molecule has 0 amide bonds. The Morgan fingerprint density at radius 1 is 1.25 bits per heavy atom. The van der Waals surface area contributed by atoms with E-state index in [-0.39, 0.29) is 25.0 Å². The first-order valence-corrected chi connectivity index (χ1v) is 2.71. The van der Waals surface area contributed by atoms with Crippen LogP contribution >= 0.6 is 0 Å². The van der Waals surface area contributed by atoms with E-state index in [2.05, 4.69) is 6.58 Å². The second-order valence-corrected chi connectivity index (χ2v) is 2.15. The van der Waals surface area contributed by atoms with Crippen LogP contribution in [-0.4, -0.2) is 23.4 Å². The molecule has 1 rings (SSSR count). The van der Waals surface area contributed by atoms with Crippen molar-refractivity contribution in [1.82, 2.24) is 0 Å². The zero-order chi connectivity index (χ0) is 6.15. The molecular weight excluding hydrogens is 104 g/mol. The molecule has 0 spiro atoms. The molecule has 1 saturated carbocycles. The third kappa shape index (κ3) is 0.659. The van der Waals surface area contributed by atoms with Crippen LogP contribution in [0.4, 0.5) is 0 Å². The van der Waals surface area contributed by atoms with Gasteiger partial charge in [0.05, 0.1) is 13.2 Å². The summed E-state index contributed by atoms with van der Waals surface area (Å²) in [4.78, 5) is 0. The summed E-state index contributed by atoms with van der Waals surface area (Å²) in [6, 6.07) is 0. The van der Waals surface area contributed by atoms with E-state index in [1.165, 1.54) is 0 Å². The molecule has 0 aromatic heterocycles. The van der Waals surface area contributed by atoms with Crippen LogP contribution in [0.1, 0.15) is 0 Å². The highest BCUT2D eigenvalue weighted by Gasteiger charge is 2.40. The average molecular weight is 114 g/mol. The lowest BCUT2D eigenvalue weighted by atomic mass is 10.3. The molecule has 8 heavy (non-hydrogen) atoms. The van der Waals surface area contributed by atoms with Gasteiger partial charge in [-0.25, -0.2) is 0 Å². The van der Waals surface area contributed by atoms with E-state index in [4.69, 9.17) is 10.2 Å². The quantitative estimate of drug-likeness (QED) is 0.487. The molecule has 46 valence electrons. The van der Waals surface area contributed by atoms with Crippen molar-refractivity contribution < 1.29 is 10.2 Å². The largest absolute Gasteiger partial charge is 0.396 e. The SMILES string of the molecule is C=C1C(CO)C1CO. The highest BCUT2D eigenvalue weighted by atomic mass is 16.3. The molecule has 2 heteroatoms. The molecule has 1 aliphatic carbocycles. The topological polar surface area (TPSA) is 40.5 Å². The van der Waals surface area contributed by atoms with E-state index in [1.54, 1.807) is 0 Å². The molecule has 0 aromatic rings. The van der Waals surface area contributed by atoms with Gasteiger partial charge in [0.2, 0.25) is 0 Å². The molecule has 1 aliphatic rings. The number of aliphatic hydroxyl groups is 2. The van der Waals surface area contributed by atoms with Crippen molar-refractivity contribution in [2.75, 3.05) is 13.2 Å². The first-order chi connectivity index (χ1) is 3.81. The van der Waals surface area contributed by atoms with Gasteiger partial charge < -0.3 is 10.2 Å². The normalized spacial score (nSPS) is 35.5. The first kappa shape index (κ1) is 5.79. The van der Waals surface area contributed by atoms with Crippen molar-refractivity contribution in [1.29, 1.82) is 0 Å². The summed E-state index contributed by atoms with van der Waals surface area (Å²) in [5.74, 6) is 0.389. The average Bonchev–Trinajstić information content (AvgIpc) is 2.40. The van der Waals surface area contributed by atoms with Gasteiger partial charge in [0.25, 0.3) is 0 Å².